The summed E-state index contributed by atoms with van der Waals surface area (Å²) in [5, 5.41) is 9.45. The molecule has 7 rings (SSSR count). The van der Waals surface area contributed by atoms with E-state index in [1.165, 1.54) is 5.56 Å². The van der Waals surface area contributed by atoms with Crippen molar-refractivity contribution in [2.75, 3.05) is 49.7 Å². The third-order valence-electron chi connectivity index (χ3n) is 10.9. The standard InChI is InChI=1S/C42H49N5O5/c1-51-35-12-13-36(42(50)47(39-9-5-6-19-43-39)34-17-21-45(22-18-34)28-30-7-3-2-4-8-30)38(26-35)46-23-15-31(16-24-46)29-52-40-25-33(14-20-44-40)37(27-41(48)49)32-10-11-32/h2-9,12-14,19-20,25-26,31-32,34,37H,10-11,15-18,21-24,27-29H2,1H3,(H,48,49). The Balaban J connectivity index is 1.02. The van der Waals surface area contributed by atoms with Gasteiger partial charge in [0.2, 0.25) is 5.88 Å². The minimum atomic E-state index is -0.770. The molecule has 1 amide bonds. The minimum Gasteiger partial charge on any atom is -0.497 e. The third-order valence-corrected chi connectivity index (χ3v) is 10.9. The van der Waals surface area contributed by atoms with Gasteiger partial charge in [0.15, 0.2) is 0 Å². The number of carbonyl (C=O) groups is 2. The number of rotatable bonds is 14. The van der Waals surface area contributed by atoms with Crippen molar-refractivity contribution in [2.45, 2.75) is 63.5 Å². The van der Waals surface area contributed by atoms with Gasteiger partial charge in [-0.3, -0.25) is 19.4 Å². The Morgan fingerprint density at radius 2 is 1.63 bits per heavy atom. The lowest BCUT2D eigenvalue weighted by Crippen LogP contribution is -2.48. The van der Waals surface area contributed by atoms with E-state index in [-0.39, 0.29) is 24.3 Å². The number of hydrogen-bond acceptors (Lipinski definition) is 8. The molecule has 1 aliphatic carbocycles. The molecule has 1 saturated carbocycles. The number of ether oxygens (including phenoxy) is 2. The Morgan fingerprint density at radius 1 is 0.865 bits per heavy atom. The second-order valence-corrected chi connectivity index (χ2v) is 14.4. The van der Waals surface area contributed by atoms with E-state index in [1.807, 2.05) is 59.5 Å². The summed E-state index contributed by atoms with van der Waals surface area (Å²) in [4.78, 5) is 42.0. The van der Waals surface area contributed by atoms with Crippen molar-refractivity contribution in [2.24, 2.45) is 11.8 Å². The smallest absolute Gasteiger partial charge is 0.303 e. The van der Waals surface area contributed by atoms with Crippen LogP contribution in [0.2, 0.25) is 0 Å². The summed E-state index contributed by atoms with van der Waals surface area (Å²) in [6.45, 7) is 4.81. The Labute approximate surface area is 306 Å². The average Bonchev–Trinajstić information content (AvgIpc) is 4.03. The number of carboxylic acid groups (broad SMARTS) is 1. The van der Waals surface area contributed by atoms with Crippen molar-refractivity contribution in [3.63, 3.8) is 0 Å². The fourth-order valence-electron chi connectivity index (χ4n) is 7.86. The van der Waals surface area contributed by atoms with Gasteiger partial charge in [-0.05, 0) is 97.7 Å². The minimum absolute atomic E-state index is 0.00639. The second kappa shape index (κ2) is 16.6. The zero-order valence-electron chi connectivity index (χ0n) is 30.0. The Hall–Kier alpha value is -4.96. The first-order valence-corrected chi connectivity index (χ1v) is 18.7. The lowest BCUT2D eigenvalue weighted by Gasteiger charge is -2.39. The molecular formula is C42H49N5O5. The fourth-order valence-corrected chi connectivity index (χ4v) is 7.86. The summed E-state index contributed by atoms with van der Waals surface area (Å²) >= 11 is 0. The summed E-state index contributed by atoms with van der Waals surface area (Å²) in [7, 11) is 1.66. The van der Waals surface area contributed by atoms with Crippen LogP contribution in [0.15, 0.2) is 91.3 Å². The summed E-state index contributed by atoms with van der Waals surface area (Å²) in [6.07, 6.45) is 9.31. The molecule has 2 aromatic heterocycles. The Bertz CT molecular complexity index is 1790. The highest BCUT2D eigenvalue weighted by Crippen LogP contribution is 2.45. The van der Waals surface area contributed by atoms with Crippen molar-refractivity contribution >= 4 is 23.4 Å². The van der Waals surface area contributed by atoms with Crippen LogP contribution < -0.4 is 19.3 Å². The van der Waals surface area contributed by atoms with Gasteiger partial charge in [0.25, 0.3) is 5.91 Å². The molecule has 2 aliphatic heterocycles. The van der Waals surface area contributed by atoms with E-state index in [1.54, 1.807) is 19.5 Å². The van der Waals surface area contributed by atoms with Gasteiger partial charge in [0, 0.05) is 63.3 Å². The summed E-state index contributed by atoms with van der Waals surface area (Å²) in [5.41, 5.74) is 3.83. The largest absolute Gasteiger partial charge is 0.497 e. The highest BCUT2D eigenvalue weighted by atomic mass is 16.5. The van der Waals surface area contributed by atoms with E-state index < -0.39 is 5.97 Å². The van der Waals surface area contributed by atoms with Crippen LogP contribution in [0.1, 0.15) is 72.3 Å². The van der Waals surface area contributed by atoms with Gasteiger partial charge in [0.1, 0.15) is 11.6 Å². The van der Waals surface area contributed by atoms with Crippen LogP contribution in [-0.2, 0) is 11.3 Å². The molecule has 1 atom stereocenters. The maximum absolute atomic E-state index is 14.7. The van der Waals surface area contributed by atoms with E-state index >= 15 is 0 Å². The molecule has 4 heterocycles. The number of amides is 1. The third kappa shape index (κ3) is 8.73. The summed E-state index contributed by atoms with van der Waals surface area (Å²) in [6, 6.07) is 26.0. The molecule has 1 unspecified atom stereocenters. The highest BCUT2D eigenvalue weighted by molar-refractivity contribution is 6.10. The van der Waals surface area contributed by atoms with Crippen LogP contribution in [0.4, 0.5) is 11.5 Å². The van der Waals surface area contributed by atoms with E-state index in [9.17, 15) is 14.7 Å². The van der Waals surface area contributed by atoms with Crippen LogP contribution in [0.5, 0.6) is 11.6 Å². The Kier molecular flexibility index (Phi) is 11.3. The molecule has 10 heteroatoms. The normalized spacial score (nSPS) is 17.8. The van der Waals surface area contributed by atoms with Crippen LogP contribution in [0.25, 0.3) is 0 Å². The van der Waals surface area contributed by atoms with E-state index in [0.717, 1.165) is 82.5 Å². The molecule has 272 valence electrons. The molecule has 10 nitrogen and oxygen atoms in total. The predicted octanol–water partition coefficient (Wildman–Crippen LogP) is 7.06. The SMILES string of the molecule is COc1ccc(C(=O)N(c2ccccn2)C2CCN(Cc3ccccc3)CC2)c(N2CCC(COc3cc(C(CC(=O)O)C4CC4)ccn3)CC2)c1. The maximum atomic E-state index is 14.7. The first kappa shape index (κ1) is 35.4. The number of nitrogens with zero attached hydrogens (tertiary/aromatic N) is 5. The number of pyridine rings is 2. The van der Waals surface area contributed by atoms with Gasteiger partial charge >= 0.3 is 5.97 Å². The number of piperidine rings is 2. The predicted molar refractivity (Wildman–Crippen MR) is 201 cm³/mol. The number of hydrogen-bond donors (Lipinski definition) is 1. The van der Waals surface area contributed by atoms with Gasteiger partial charge < -0.3 is 19.5 Å². The number of anilines is 2. The van der Waals surface area contributed by atoms with E-state index in [2.05, 4.69) is 44.0 Å². The zero-order valence-corrected chi connectivity index (χ0v) is 30.0. The van der Waals surface area contributed by atoms with Gasteiger partial charge in [-0.1, -0.05) is 36.4 Å². The molecule has 0 spiro atoms. The summed E-state index contributed by atoms with van der Waals surface area (Å²) < 4.78 is 11.8. The van der Waals surface area contributed by atoms with Gasteiger partial charge in [-0.15, -0.1) is 0 Å². The van der Waals surface area contributed by atoms with Gasteiger partial charge in [-0.25, -0.2) is 9.97 Å². The van der Waals surface area contributed by atoms with Crippen LogP contribution in [-0.4, -0.2) is 77.8 Å². The molecule has 3 fully saturated rings. The molecule has 2 saturated heterocycles. The van der Waals surface area contributed by atoms with Gasteiger partial charge in [0.05, 0.1) is 31.4 Å². The number of carbonyl (C=O) groups excluding carboxylic acids is 1. The van der Waals surface area contributed by atoms with Gasteiger partial charge in [-0.2, -0.15) is 0 Å². The molecule has 4 aromatic rings. The molecule has 3 aliphatic rings. The average molecular weight is 704 g/mol. The molecule has 2 aromatic carbocycles. The van der Waals surface area contributed by atoms with Crippen molar-refractivity contribution < 1.29 is 24.2 Å². The number of carboxylic acids is 1. The Morgan fingerprint density at radius 3 is 2.33 bits per heavy atom. The summed E-state index contributed by atoms with van der Waals surface area (Å²) in [5.74, 6) is 1.90. The van der Waals surface area contributed by atoms with Crippen LogP contribution >= 0.6 is 0 Å². The molecule has 52 heavy (non-hydrogen) atoms. The number of likely N-dealkylation sites (tertiary alicyclic amines) is 1. The highest BCUT2D eigenvalue weighted by Gasteiger charge is 2.35. The second-order valence-electron chi connectivity index (χ2n) is 14.4. The number of aromatic nitrogens is 2. The van der Waals surface area contributed by atoms with E-state index in [4.69, 9.17) is 9.47 Å². The number of aliphatic carboxylic acids is 1. The quantitative estimate of drug-likeness (QED) is 0.148. The molecular weight excluding hydrogens is 654 g/mol. The number of methoxy groups -OCH3 is 1. The van der Waals surface area contributed by atoms with Crippen molar-refractivity contribution in [1.82, 2.24) is 14.9 Å². The van der Waals surface area contributed by atoms with Crippen molar-refractivity contribution in [3.8, 4) is 11.6 Å². The lowest BCUT2D eigenvalue weighted by atomic mass is 9.92. The molecule has 0 radical (unpaired) electrons. The van der Waals surface area contributed by atoms with Crippen LogP contribution in [0.3, 0.4) is 0 Å². The van der Waals surface area contributed by atoms with Crippen molar-refractivity contribution in [1.29, 1.82) is 0 Å². The molecule has 1 N–H and O–H groups in total. The van der Waals surface area contributed by atoms with E-state index in [0.29, 0.717) is 41.5 Å². The zero-order chi connectivity index (χ0) is 35.9. The monoisotopic (exact) mass is 703 g/mol. The fraction of sp³-hybridized carbons (Fsp3) is 0.429. The van der Waals surface area contributed by atoms with Crippen LogP contribution in [0, 0.1) is 11.8 Å². The first-order chi connectivity index (χ1) is 25.4. The number of benzene rings is 2. The first-order valence-electron chi connectivity index (χ1n) is 18.7. The lowest BCUT2D eigenvalue weighted by molar-refractivity contribution is -0.137. The van der Waals surface area contributed by atoms with Crippen molar-refractivity contribution in [3.05, 3.63) is 108 Å². The topological polar surface area (TPSA) is 108 Å². The maximum Gasteiger partial charge on any atom is 0.303 e. The molecule has 0 bridgehead atoms.